The van der Waals surface area contributed by atoms with Crippen molar-refractivity contribution in [1.82, 2.24) is 4.98 Å². The van der Waals surface area contributed by atoms with Gasteiger partial charge in [0.25, 0.3) is 0 Å². The Balaban J connectivity index is 3.20. The molecule has 0 amide bonds. The van der Waals surface area contributed by atoms with Gasteiger partial charge in [0.15, 0.2) is 6.20 Å². The quantitative estimate of drug-likeness (QED) is 0.479. The van der Waals surface area contributed by atoms with Gasteiger partial charge in [0.1, 0.15) is 0 Å². The van der Waals surface area contributed by atoms with E-state index in [4.69, 9.17) is 0 Å². The van der Waals surface area contributed by atoms with Gasteiger partial charge >= 0.3 is 5.82 Å². The van der Waals surface area contributed by atoms with Gasteiger partial charge in [-0.1, -0.05) is 15.9 Å². The van der Waals surface area contributed by atoms with E-state index in [2.05, 4.69) is 36.8 Å². The second kappa shape index (κ2) is 3.95. The summed E-state index contributed by atoms with van der Waals surface area (Å²) in [4.78, 5) is 13.6. The molecule has 0 aliphatic carbocycles. The minimum Gasteiger partial charge on any atom is -0.358 e. The van der Waals surface area contributed by atoms with Gasteiger partial charge in [0, 0.05) is 5.33 Å². The van der Waals surface area contributed by atoms with Gasteiger partial charge in [-0.3, -0.25) is 0 Å². The molecular formula is C6H4Br2N2O2. The molecule has 0 aliphatic heterocycles. The summed E-state index contributed by atoms with van der Waals surface area (Å²) in [5.41, 5.74) is 0.564. The van der Waals surface area contributed by atoms with E-state index < -0.39 is 4.92 Å². The number of alkyl halides is 1. The van der Waals surface area contributed by atoms with Crippen LogP contribution < -0.4 is 0 Å². The number of halogens is 2. The summed E-state index contributed by atoms with van der Waals surface area (Å²) in [6.07, 6.45) is 1.41. The molecule has 0 fully saturated rings. The Bertz CT molecular complexity index is 316. The summed E-state index contributed by atoms with van der Waals surface area (Å²) >= 11 is 6.33. The van der Waals surface area contributed by atoms with Crippen molar-refractivity contribution in [2.75, 3.05) is 0 Å². The molecule has 0 bridgehead atoms. The maximum atomic E-state index is 10.4. The first kappa shape index (κ1) is 9.60. The molecule has 0 N–H and O–H groups in total. The van der Waals surface area contributed by atoms with E-state index in [-0.39, 0.29) is 5.82 Å². The van der Waals surface area contributed by atoms with Crippen LogP contribution in [0.1, 0.15) is 5.56 Å². The maximum absolute atomic E-state index is 10.4. The molecule has 0 aliphatic rings. The first-order valence-electron chi connectivity index (χ1n) is 3.00. The Morgan fingerprint density at radius 2 is 2.33 bits per heavy atom. The SMILES string of the molecule is O=[N+]([O-])c1ncc(Br)cc1CBr. The second-order valence-corrected chi connectivity index (χ2v) is 3.50. The molecule has 1 aromatic heterocycles. The number of pyridine rings is 1. The fraction of sp³-hybridized carbons (Fsp3) is 0.167. The van der Waals surface area contributed by atoms with Crippen LogP contribution in [-0.2, 0) is 5.33 Å². The summed E-state index contributed by atoms with van der Waals surface area (Å²) in [6.45, 7) is 0. The molecule has 0 saturated carbocycles. The van der Waals surface area contributed by atoms with E-state index in [1.165, 1.54) is 6.20 Å². The molecule has 0 atom stereocenters. The van der Waals surface area contributed by atoms with E-state index in [0.717, 1.165) is 4.47 Å². The molecule has 12 heavy (non-hydrogen) atoms. The highest BCUT2D eigenvalue weighted by Gasteiger charge is 2.13. The molecule has 1 rings (SSSR count). The van der Waals surface area contributed by atoms with Gasteiger partial charge < -0.3 is 10.1 Å². The standard InChI is InChI=1S/C6H4Br2N2O2/c7-2-4-1-5(8)3-9-6(4)10(11)12/h1,3H,2H2. The number of nitro groups is 1. The molecular weight excluding hydrogens is 292 g/mol. The van der Waals surface area contributed by atoms with Crippen molar-refractivity contribution in [3.8, 4) is 0 Å². The zero-order valence-corrected chi connectivity index (χ0v) is 9.00. The average molecular weight is 296 g/mol. The lowest BCUT2D eigenvalue weighted by molar-refractivity contribution is -0.390. The molecule has 6 heteroatoms. The predicted octanol–water partition coefficient (Wildman–Crippen LogP) is 2.65. The van der Waals surface area contributed by atoms with Crippen LogP contribution in [0, 0.1) is 10.1 Å². The third-order valence-electron chi connectivity index (χ3n) is 1.23. The minimum atomic E-state index is -0.497. The summed E-state index contributed by atoms with van der Waals surface area (Å²) in [7, 11) is 0. The molecule has 1 aromatic rings. The van der Waals surface area contributed by atoms with Crippen molar-refractivity contribution in [3.63, 3.8) is 0 Å². The lowest BCUT2D eigenvalue weighted by Crippen LogP contribution is -1.96. The monoisotopic (exact) mass is 294 g/mol. The van der Waals surface area contributed by atoms with Crippen LogP contribution in [0.15, 0.2) is 16.7 Å². The molecule has 0 saturated heterocycles. The summed E-state index contributed by atoms with van der Waals surface area (Å²) in [5, 5.41) is 10.8. The fourth-order valence-electron chi connectivity index (χ4n) is 0.737. The van der Waals surface area contributed by atoms with Crippen LogP contribution in [0.2, 0.25) is 0 Å². The van der Waals surface area contributed by atoms with E-state index >= 15 is 0 Å². The zero-order chi connectivity index (χ0) is 9.14. The topological polar surface area (TPSA) is 56.0 Å². The third-order valence-corrected chi connectivity index (χ3v) is 2.26. The Kier molecular flexibility index (Phi) is 3.16. The third kappa shape index (κ3) is 2.01. The summed E-state index contributed by atoms with van der Waals surface area (Å²) in [5.74, 6) is -0.102. The van der Waals surface area contributed by atoms with E-state index in [9.17, 15) is 10.1 Å². The number of hydrogen-bond donors (Lipinski definition) is 0. The second-order valence-electron chi connectivity index (χ2n) is 2.03. The lowest BCUT2D eigenvalue weighted by Gasteiger charge is -1.97. The van der Waals surface area contributed by atoms with Crippen LogP contribution in [0.25, 0.3) is 0 Å². The van der Waals surface area contributed by atoms with Gasteiger partial charge in [0.05, 0.1) is 10.0 Å². The Labute approximate surface area is 85.4 Å². The first-order chi connectivity index (χ1) is 5.65. The number of nitrogens with zero attached hydrogens (tertiary/aromatic N) is 2. The van der Waals surface area contributed by atoms with Gasteiger partial charge in [-0.15, -0.1) is 0 Å². The van der Waals surface area contributed by atoms with Crippen LogP contribution >= 0.6 is 31.9 Å². The van der Waals surface area contributed by atoms with Gasteiger partial charge in [-0.25, -0.2) is 0 Å². The smallest absolute Gasteiger partial charge is 0.358 e. The average Bonchev–Trinajstić information content (AvgIpc) is 2.03. The van der Waals surface area contributed by atoms with Crippen molar-refractivity contribution in [2.45, 2.75) is 5.33 Å². The highest BCUT2D eigenvalue weighted by Crippen LogP contribution is 2.21. The van der Waals surface area contributed by atoms with E-state index in [0.29, 0.717) is 10.9 Å². The maximum Gasteiger partial charge on any atom is 0.367 e. The van der Waals surface area contributed by atoms with Crippen molar-refractivity contribution >= 4 is 37.7 Å². The normalized spacial score (nSPS) is 9.83. The molecule has 64 valence electrons. The lowest BCUT2D eigenvalue weighted by atomic mass is 10.3. The fourth-order valence-corrected chi connectivity index (χ4v) is 1.53. The molecule has 1 heterocycles. The van der Waals surface area contributed by atoms with Crippen molar-refractivity contribution < 1.29 is 4.92 Å². The van der Waals surface area contributed by atoms with Crippen LogP contribution in [0.5, 0.6) is 0 Å². The molecule has 0 unspecified atom stereocenters. The molecule has 4 nitrogen and oxygen atoms in total. The highest BCUT2D eigenvalue weighted by molar-refractivity contribution is 9.10. The van der Waals surface area contributed by atoms with Crippen LogP contribution in [0.3, 0.4) is 0 Å². The Hall–Kier alpha value is -0.490. The van der Waals surface area contributed by atoms with E-state index in [1.54, 1.807) is 6.07 Å². The van der Waals surface area contributed by atoms with Gasteiger partial charge in [-0.2, -0.15) is 0 Å². The number of hydrogen-bond acceptors (Lipinski definition) is 3. The minimum absolute atomic E-state index is 0.102. The van der Waals surface area contributed by atoms with Gasteiger partial charge in [0.2, 0.25) is 0 Å². The van der Waals surface area contributed by atoms with E-state index in [1.807, 2.05) is 0 Å². The van der Waals surface area contributed by atoms with Crippen molar-refractivity contribution in [1.29, 1.82) is 0 Å². The van der Waals surface area contributed by atoms with Crippen LogP contribution in [0.4, 0.5) is 5.82 Å². The first-order valence-corrected chi connectivity index (χ1v) is 4.91. The zero-order valence-electron chi connectivity index (χ0n) is 5.83. The van der Waals surface area contributed by atoms with Crippen molar-refractivity contribution in [3.05, 3.63) is 32.4 Å². The molecule has 0 spiro atoms. The Morgan fingerprint density at radius 1 is 1.67 bits per heavy atom. The highest BCUT2D eigenvalue weighted by atomic mass is 79.9. The van der Waals surface area contributed by atoms with Gasteiger partial charge in [-0.05, 0) is 31.9 Å². The summed E-state index contributed by atoms with van der Waals surface area (Å²) < 4.78 is 0.738. The Morgan fingerprint density at radius 3 is 2.83 bits per heavy atom. The molecule has 0 radical (unpaired) electrons. The largest absolute Gasteiger partial charge is 0.367 e. The molecule has 0 aromatic carbocycles. The number of rotatable bonds is 2. The summed E-state index contributed by atoms with van der Waals surface area (Å²) in [6, 6.07) is 1.67. The predicted molar refractivity (Wildman–Crippen MR) is 51.2 cm³/mol. The number of aromatic nitrogens is 1. The van der Waals surface area contributed by atoms with Crippen LogP contribution in [-0.4, -0.2) is 9.91 Å². The van der Waals surface area contributed by atoms with Crippen molar-refractivity contribution in [2.24, 2.45) is 0 Å².